The van der Waals surface area contributed by atoms with Crippen molar-refractivity contribution < 1.29 is 14.3 Å². The van der Waals surface area contributed by atoms with Crippen LogP contribution in [0.5, 0.6) is 0 Å². The molecule has 1 aromatic carbocycles. The molecule has 1 heterocycles. The molecule has 0 spiro atoms. The molecule has 2 rings (SSSR count). The zero-order chi connectivity index (χ0) is 16.3. The molecule has 0 fully saturated rings. The maximum Gasteiger partial charge on any atom is 0.348 e. The fourth-order valence-corrected chi connectivity index (χ4v) is 3.13. The predicted octanol–water partition coefficient (Wildman–Crippen LogP) is 4.65. The number of benzene rings is 1. The summed E-state index contributed by atoms with van der Waals surface area (Å²) in [5.74, 6) is -2.02. The summed E-state index contributed by atoms with van der Waals surface area (Å²) in [5.41, 5.74) is 1.96. The van der Waals surface area contributed by atoms with Crippen LogP contribution in [0, 0.1) is 12.4 Å². The first-order valence-electron chi connectivity index (χ1n) is 6.81. The number of carbonyl (C=O) groups is 1. The molecule has 0 aliphatic rings. The molecule has 0 atom stereocenters. The number of nitrogens with zero attached hydrogens (tertiary/aromatic N) is 2. The Labute approximate surface area is 132 Å². The van der Waals surface area contributed by atoms with E-state index in [1.165, 1.54) is 6.07 Å². The Morgan fingerprint density at radius 2 is 2.05 bits per heavy atom. The monoisotopic (exact) mass is 318 g/mol. The van der Waals surface area contributed by atoms with Gasteiger partial charge < -0.3 is 10.0 Å². The fraction of sp³-hybridized carbons (Fsp3) is 0.250. The Balaban J connectivity index is 2.48. The molecule has 2 aromatic rings. The largest absolute Gasteiger partial charge is 0.477 e. The van der Waals surface area contributed by atoms with Gasteiger partial charge in [0.25, 0.3) is 0 Å². The summed E-state index contributed by atoms with van der Waals surface area (Å²) in [6, 6.07) is 6.50. The van der Waals surface area contributed by atoms with E-state index in [1.807, 2.05) is 19.9 Å². The van der Waals surface area contributed by atoms with Crippen molar-refractivity contribution in [3.8, 4) is 10.4 Å². The van der Waals surface area contributed by atoms with E-state index in [-0.39, 0.29) is 4.88 Å². The number of aromatic carboxylic acids is 1. The second-order valence-electron chi connectivity index (χ2n) is 4.58. The number of halogens is 1. The van der Waals surface area contributed by atoms with E-state index < -0.39 is 11.8 Å². The Morgan fingerprint density at radius 1 is 1.36 bits per heavy atom. The van der Waals surface area contributed by atoms with Gasteiger partial charge in [0, 0.05) is 23.7 Å². The summed E-state index contributed by atoms with van der Waals surface area (Å²) in [5, 5.41) is 8.92. The average molecular weight is 318 g/mol. The molecule has 0 bridgehead atoms. The van der Waals surface area contributed by atoms with Gasteiger partial charge in [-0.2, -0.15) is 0 Å². The first-order valence-corrected chi connectivity index (χ1v) is 7.62. The van der Waals surface area contributed by atoms with Crippen LogP contribution in [0.4, 0.5) is 15.8 Å². The van der Waals surface area contributed by atoms with E-state index in [9.17, 15) is 9.18 Å². The summed E-state index contributed by atoms with van der Waals surface area (Å²) in [6.45, 7) is 12.9. The fourth-order valence-electron chi connectivity index (χ4n) is 2.25. The van der Waals surface area contributed by atoms with Crippen LogP contribution in [0.1, 0.15) is 23.5 Å². The number of thiophene rings is 1. The molecule has 0 radical (unpaired) electrons. The van der Waals surface area contributed by atoms with Gasteiger partial charge in [0.2, 0.25) is 5.69 Å². The van der Waals surface area contributed by atoms with Crippen molar-refractivity contribution in [3.05, 3.63) is 46.4 Å². The van der Waals surface area contributed by atoms with E-state index in [1.54, 1.807) is 12.1 Å². The van der Waals surface area contributed by atoms with Gasteiger partial charge in [-0.1, -0.05) is 6.07 Å². The SMILES string of the molecule is [C-]#[N+]c1cc(-c2cc(F)c(C(=O)O)s2)ccc1N(CC)CC. The highest BCUT2D eigenvalue weighted by molar-refractivity contribution is 7.17. The first-order chi connectivity index (χ1) is 10.5. The normalized spacial score (nSPS) is 10.3. The lowest BCUT2D eigenvalue weighted by molar-refractivity contribution is 0.0697. The third kappa shape index (κ3) is 2.95. The second-order valence-corrected chi connectivity index (χ2v) is 5.63. The van der Waals surface area contributed by atoms with Gasteiger partial charge in [-0.3, -0.25) is 0 Å². The first kappa shape index (κ1) is 16.0. The molecular formula is C16H15FN2O2S. The van der Waals surface area contributed by atoms with Gasteiger partial charge in [-0.25, -0.2) is 14.0 Å². The van der Waals surface area contributed by atoms with Crippen LogP contribution in [0.15, 0.2) is 24.3 Å². The van der Waals surface area contributed by atoms with Crippen LogP contribution in [-0.2, 0) is 0 Å². The highest BCUT2D eigenvalue weighted by Gasteiger charge is 2.17. The van der Waals surface area contributed by atoms with Crippen LogP contribution >= 0.6 is 11.3 Å². The molecule has 22 heavy (non-hydrogen) atoms. The van der Waals surface area contributed by atoms with Gasteiger partial charge in [0.15, 0.2) is 0 Å². The third-order valence-electron chi connectivity index (χ3n) is 3.37. The van der Waals surface area contributed by atoms with Gasteiger partial charge in [0.1, 0.15) is 10.7 Å². The predicted molar refractivity (Wildman–Crippen MR) is 86.5 cm³/mol. The molecule has 0 amide bonds. The Morgan fingerprint density at radius 3 is 2.55 bits per heavy atom. The van der Waals surface area contributed by atoms with Crippen molar-refractivity contribution in [2.24, 2.45) is 0 Å². The quantitative estimate of drug-likeness (QED) is 0.816. The van der Waals surface area contributed by atoms with Crippen LogP contribution < -0.4 is 4.90 Å². The van der Waals surface area contributed by atoms with E-state index in [0.29, 0.717) is 16.1 Å². The second kappa shape index (κ2) is 6.58. The molecular weight excluding hydrogens is 303 g/mol. The lowest BCUT2D eigenvalue weighted by Crippen LogP contribution is -2.21. The minimum Gasteiger partial charge on any atom is -0.477 e. The molecule has 1 aromatic heterocycles. The van der Waals surface area contributed by atoms with E-state index in [4.69, 9.17) is 11.7 Å². The Bertz CT molecular complexity index is 745. The highest BCUT2D eigenvalue weighted by Crippen LogP contribution is 2.37. The van der Waals surface area contributed by atoms with Gasteiger partial charge in [0.05, 0.1) is 6.57 Å². The molecule has 0 saturated carbocycles. The number of carboxylic acid groups (broad SMARTS) is 1. The molecule has 1 N–H and O–H groups in total. The van der Waals surface area contributed by atoms with Crippen LogP contribution in [0.25, 0.3) is 15.3 Å². The van der Waals surface area contributed by atoms with Crippen molar-refractivity contribution >= 4 is 28.7 Å². The summed E-state index contributed by atoms with van der Waals surface area (Å²) < 4.78 is 13.6. The molecule has 0 aliphatic heterocycles. The van der Waals surface area contributed by atoms with Gasteiger partial charge in [-0.15, -0.1) is 11.3 Å². The van der Waals surface area contributed by atoms with Crippen molar-refractivity contribution in [2.45, 2.75) is 13.8 Å². The van der Waals surface area contributed by atoms with Crippen molar-refractivity contribution in [1.29, 1.82) is 0 Å². The number of rotatable bonds is 5. The molecule has 0 saturated heterocycles. The van der Waals surface area contributed by atoms with Crippen LogP contribution in [-0.4, -0.2) is 24.2 Å². The topological polar surface area (TPSA) is 44.9 Å². The minimum absolute atomic E-state index is 0.313. The van der Waals surface area contributed by atoms with E-state index >= 15 is 0 Å². The summed E-state index contributed by atoms with van der Waals surface area (Å²) >= 11 is 0.875. The van der Waals surface area contributed by atoms with E-state index in [2.05, 4.69) is 9.74 Å². The third-order valence-corrected chi connectivity index (χ3v) is 4.51. The lowest BCUT2D eigenvalue weighted by Gasteiger charge is -2.22. The summed E-state index contributed by atoms with van der Waals surface area (Å²) in [7, 11) is 0. The lowest BCUT2D eigenvalue weighted by atomic mass is 10.1. The van der Waals surface area contributed by atoms with Crippen molar-refractivity contribution in [3.63, 3.8) is 0 Å². The molecule has 4 nitrogen and oxygen atoms in total. The minimum atomic E-state index is -1.28. The Hall–Kier alpha value is -2.39. The maximum atomic E-state index is 13.6. The number of anilines is 1. The maximum absolute atomic E-state index is 13.6. The molecule has 0 aliphatic carbocycles. The number of carboxylic acids is 1. The Kier molecular flexibility index (Phi) is 4.78. The zero-order valence-electron chi connectivity index (χ0n) is 12.3. The zero-order valence-corrected chi connectivity index (χ0v) is 13.1. The van der Waals surface area contributed by atoms with Gasteiger partial charge in [-0.05, 0) is 37.6 Å². The van der Waals surface area contributed by atoms with E-state index in [0.717, 1.165) is 30.1 Å². The average Bonchev–Trinajstić information content (AvgIpc) is 2.91. The number of hydrogen-bond donors (Lipinski definition) is 1. The number of hydrogen-bond acceptors (Lipinski definition) is 3. The highest BCUT2D eigenvalue weighted by atomic mass is 32.1. The molecule has 0 unspecified atom stereocenters. The summed E-state index contributed by atoms with van der Waals surface area (Å²) in [6.07, 6.45) is 0. The molecule has 114 valence electrons. The van der Waals surface area contributed by atoms with Gasteiger partial charge >= 0.3 is 5.97 Å². The van der Waals surface area contributed by atoms with Crippen LogP contribution in [0.3, 0.4) is 0 Å². The van der Waals surface area contributed by atoms with Crippen LogP contribution in [0.2, 0.25) is 0 Å². The summed E-state index contributed by atoms with van der Waals surface area (Å²) in [4.78, 5) is 16.7. The van der Waals surface area contributed by atoms with Crippen molar-refractivity contribution in [1.82, 2.24) is 0 Å². The van der Waals surface area contributed by atoms with Crippen molar-refractivity contribution in [2.75, 3.05) is 18.0 Å². The molecule has 6 heteroatoms. The smallest absolute Gasteiger partial charge is 0.348 e. The standard InChI is InChI=1S/C16H15FN2O2S/c1-4-19(5-2)13-7-6-10(8-12(13)18-3)14-9-11(17)15(22-14)16(20)21/h6-9H,4-5H2,1-2H3,(H,20,21).